The third-order valence-corrected chi connectivity index (χ3v) is 4.63. The predicted octanol–water partition coefficient (Wildman–Crippen LogP) is 4.65. The predicted molar refractivity (Wildman–Crippen MR) is 90.5 cm³/mol. The number of hydrogen-bond donors (Lipinski definition) is 2. The number of rotatable bonds is 6. The Balaban J connectivity index is 2.23. The number of carboxylic acids is 1. The molecule has 0 amide bonds. The van der Waals surface area contributed by atoms with Crippen LogP contribution >= 0.6 is 0 Å². The van der Waals surface area contributed by atoms with E-state index in [0.717, 1.165) is 30.4 Å². The lowest BCUT2D eigenvalue weighted by Crippen LogP contribution is -2.45. The van der Waals surface area contributed by atoms with E-state index < -0.39 is 24.2 Å². The number of benzene rings is 1. The second kappa shape index (κ2) is 7.36. The minimum atomic E-state index is -4.55. The van der Waals surface area contributed by atoms with Gasteiger partial charge in [0.2, 0.25) is 0 Å². The molecule has 6 heteroatoms. The number of nitrogens with one attached hydrogen (secondary N) is 1. The van der Waals surface area contributed by atoms with Crippen LogP contribution in [0, 0.1) is 5.41 Å². The highest BCUT2D eigenvalue weighted by Gasteiger charge is 2.43. The molecule has 1 aromatic carbocycles. The normalized spacial score (nSPS) is 17.2. The van der Waals surface area contributed by atoms with Crippen LogP contribution in [-0.4, -0.2) is 23.3 Å². The van der Waals surface area contributed by atoms with Crippen molar-refractivity contribution in [1.82, 2.24) is 5.32 Å². The lowest BCUT2D eigenvalue weighted by molar-refractivity contribution is -0.163. The van der Waals surface area contributed by atoms with Crippen LogP contribution in [0.15, 0.2) is 18.2 Å². The van der Waals surface area contributed by atoms with Crippen molar-refractivity contribution in [3.05, 3.63) is 34.9 Å². The molecule has 0 radical (unpaired) electrons. The molecule has 0 heterocycles. The second-order valence-corrected chi connectivity index (χ2v) is 8.01. The van der Waals surface area contributed by atoms with E-state index in [-0.39, 0.29) is 17.4 Å². The number of carboxylic acid groups (broad SMARTS) is 1. The molecular weight excluding hydrogens is 331 g/mol. The molecule has 1 aromatic rings. The van der Waals surface area contributed by atoms with Gasteiger partial charge in [-0.3, -0.25) is 10.1 Å². The summed E-state index contributed by atoms with van der Waals surface area (Å²) >= 11 is 0. The summed E-state index contributed by atoms with van der Waals surface area (Å²) in [5, 5.41) is 11.7. The van der Waals surface area contributed by atoms with Gasteiger partial charge in [-0.15, -0.1) is 0 Å². The highest BCUT2D eigenvalue weighted by atomic mass is 19.4. The molecule has 0 saturated heterocycles. The molecule has 1 aliphatic rings. The SMILES string of the molecule is CC(C)(C)CCC(NC(c1ccc2c(c1)CCC2)C(F)(F)F)C(=O)O. The number of halogens is 3. The lowest BCUT2D eigenvalue weighted by Gasteiger charge is -2.28. The van der Waals surface area contributed by atoms with Crippen molar-refractivity contribution in [3.63, 3.8) is 0 Å². The molecule has 25 heavy (non-hydrogen) atoms. The van der Waals surface area contributed by atoms with Crippen LogP contribution in [0.4, 0.5) is 13.2 Å². The standard InChI is InChI=1S/C19H26F3NO2/c1-18(2,3)10-9-15(17(24)25)23-16(19(20,21)22)14-8-7-12-5-4-6-13(12)11-14/h7-8,11,15-16,23H,4-6,9-10H2,1-3H3,(H,24,25). The fourth-order valence-corrected chi connectivity index (χ4v) is 3.21. The van der Waals surface area contributed by atoms with Crippen LogP contribution in [0.5, 0.6) is 0 Å². The molecular formula is C19H26F3NO2. The molecule has 2 rings (SSSR count). The smallest absolute Gasteiger partial charge is 0.407 e. The Morgan fingerprint density at radius 3 is 2.40 bits per heavy atom. The molecule has 2 atom stereocenters. The number of alkyl halides is 3. The van der Waals surface area contributed by atoms with Crippen LogP contribution in [0.1, 0.15) is 62.8 Å². The largest absolute Gasteiger partial charge is 0.480 e. The number of carbonyl (C=O) groups is 1. The molecule has 140 valence electrons. The van der Waals surface area contributed by atoms with Gasteiger partial charge in [0.15, 0.2) is 0 Å². The van der Waals surface area contributed by atoms with Gasteiger partial charge in [0.25, 0.3) is 0 Å². The quantitative estimate of drug-likeness (QED) is 0.779. The Bertz CT molecular complexity index is 620. The first kappa shape index (κ1) is 19.8. The summed E-state index contributed by atoms with van der Waals surface area (Å²) in [6.07, 6.45) is -1.26. The number of fused-ring (bicyclic) bond motifs is 1. The van der Waals surface area contributed by atoms with E-state index in [9.17, 15) is 23.1 Å². The van der Waals surface area contributed by atoms with E-state index in [1.165, 1.54) is 6.07 Å². The summed E-state index contributed by atoms with van der Waals surface area (Å²) in [6, 6.07) is 1.58. The summed E-state index contributed by atoms with van der Waals surface area (Å²) in [5.41, 5.74) is 1.98. The topological polar surface area (TPSA) is 49.3 Å². The van der Waals surface area contributed by atoms with Crippen molar-refractivity contribution in [2.45, 2.75) is 71.1 Å². The Morgan fingerprint density at radius 2 is 1.84 bits per heavy atom. The summed E-state index contributed by atoms with van der Waals surface area (Å²) in [6.45, 7) is 5.81. The number of aliphatic carboxylic acids is 1. The summed E-state index contributed by atoms with van der Waals surface area (Å²) in [7, 11) is 0. The van der Waals surface area contributed by atoms with Gasteiger partial charge in [0.1, 0.15) is 12.1 Å². The van der Waals surface area contributed by atoms with Gasteiger partial charge in [0.05, 0.1) is 0 Å². The van der Waals surface area contributed by atoms with Crippen LogP contribution in [0.3, 0.4) is 0 Å². The van der Waals surface area contributed by atoms with E-state index in [2.05, 4.69) is 5.32 Å². The molecule has 0 spiro atoms. The first-order valence-corrected chi connectivity index (χ1v) is 8.64. The Morgan fingerprint density at radius 1 is 1.20 bits per heavy atom. The Kier molecular flexibility index (Phi) is 5.82. The molecule has 3 nitrogen and oxygen atoms in total. The average molecular weight is 357 g/mol. The second-order valence-electron chi connectivity index (χ2n) is 8.01. The fourth-order valence-electron chi connectivity index (χ4n) is 3.21. The maximum atomic E-state index is 13.6. The maximum absolute atomic E-state index is 13.6. The third kappa shape index (κ3) is 5.46. The third-order valence-electron chi connectivity index (χ3n) is 4.63. The zero-order valence-corrected chi connectivity index (χ0v) is 14.9. The van der Waals surface area contributed by atoms with Crippen LogP contribution in [0.2, 0.25) is 0 Å². The van der Waals surface area contributed by atoms with E-state index in [0.29, 0.717) is 6.42 Å². The number of aryl methyl sites for hydroxylation is 2. The minimum absolute atomic E-state index is 0.0927. The highest BCUT2D eigenvalue weighted by Crippen LogP contribution is 2.36. The van der Waals surface area contributed by atoms with Gasteiger partial charge < -0.3 is 5.11 Å². The zero-order chi connectivity index (χ0) is 18.8. The summed E-state index contributed by atoms with van der Waals surface area (Å²) in [5.74, 6) is -1.25. The minimum Gasteiger partial charge on any atom is -0.480 e. The average Bonchev–Trinajstić information content (AvgIpc) is 2.91. The van der Waals surface area contributed by atoms with E-state index in [1.54, 1.807) is 12.1 Å². The maximum Gasteiger partial charge on any atom is 0.407 e. The fraction of sp³-hybridized carbons (Fsp3) is 0.632. The van der Waals surface area contributed by atoms with Crippen LogP contribution < -0.4 is 5.32 Å². The molecule has 2 N–H and O–H groups in total. The van der Waals surface area contributed by atoms with E-state index >= 15 is 0 Å². The van der Waals surface area contributed by atoms with Gasteiger partial charge in [-0.1, -0.05) is 39.0 Å². The molecule has 0 aromatic heterocycles. The van der Waals surface area contributed by atoms with Gasteiger partial charge in [0, 0.05) is 0 Å². The zero-order valence-electron chi connectivity index (χ0n) is 14.9. The van der Waals surface area contributed by atoms with E-state index in [1.807, 2.05) is 20.8 Å². The van der Waals surface area contributed by atoms with Crippen molar-refractivity contribution < 1.29 is 23.1 Å². The lowest BCUT2D eigenvalue weighted by atomic mass is 9.88. The van der Waals surface area contributed by atoms with Crippen LogP contribution in [-0.2, 0) is 17.6 Å². The molecule has 0 fully saturated rings. The highest BCUT2D eigenvalue weighted by molar-refractivity contribution is 5.73. The first-order chi connectivity index (χ1) is 11.5. The van der Waals surface area contributed by atoms with Crippen LogP contribution in [0.25, 0.3) is 0 Å². The molecule has 0 bridgehead atoms. The van der Waals surface area contributed by atoms with Gasteiger partial charge in [-0.05, 0) is 54.2 Å². The van der Waals surface area contributed by atoms with Crippen molar-refractivity contribution in [1.29, 1.82) is 0 Å². The van der Waals surface area contributed by atoms with Crippen molar-refractivity contribution >= 4 is 5.97 Å². The molecule has 1 aliphatic carbocycles. The van der Waals surface area contributed by atoms with Crippen molar-refractivity contribution in [2.75, 3.05) is 0 Å². The monoisotopic (exact) mass is 357 g/mol. The summed E-state index contributed by atoms with van der Waals surface area (Å²) < 4.78 is 40.8. The molecule has 0 aliphatic heterocycles. The summed E-state index contributed by atoms with van der Waals surface area (Å²) in [4.78, 5) is 11.5. The Hall–Kier alpha value is -1.56. The number of hydrogen-bond acceptors (Lipinski definition) is 2. The van der Waals surface area contributed by atoms with Gasteiger partial charge in [-0.25, -0.2) is 0 Å². The first-order valence-electron chi connectivity index (χ1n) is 8.64. The Labute approximate surface area is 146 Å². The van der Waals surface area contributed by atoms with Gasteiger partial charge in [-0.2, -0.15) is 13.2 Å². The van der Waals surface area contributed by atoms with Crippen molar-refractivity contribution in [3.8, 4) is 0 Å². The van der Waals surface area contributed by atoms with Gasteiger partial charge >= 0.3 is 12.1 Å². The molecule has 0 saturated carbocycles. The molecule has 2 unspecified atom stereocenters. The van der Waals surface area contributed by atoms with Crippen molar-refractivity contribution in [2.24, 2.45) is 5.41 Å². The van der Waals surface area contributed by atoms with E-state index in [4.69, 9.17) is 0 Å².